The van der Waals surface area contributed by atoms with Gasteiger partial charge in [-0.3, -0.25) is 4.79 Å². The maximum atomic E-state index is 11.9. The number of aromatic nitrogens is 1. The van der Waals surface area contributed by atoms with Gasteiger partial charge in [-0.15, -0.1) is 11.6 Å². The van der Waals surface area contributed by atoms with Crippen LogP contribution < -0.4 is 5.43 Å². The largest absolute Gasteiger partial charge is 0.350 e. The molecule has 2 rings (SSSR count). The summed E-state index contributed by atoms with van der Waals surface area (Å²) in [7, 11) is 1.88. The first-order chi connectivity index (χ1) is 7.13. The fourth-order valence-corrected chi connectivity index (χ4v) is 1.99. The van der Waals surface area contributed by atoms with Crippen LogP contribution in [0.2, 0.25) is 5.02 Å². The molecule has 4 heteroatoms. The van der Waals surface area contributed by atoms with E-state index in [1.54, 1.807) is 18.3 Å². The molecule has 0 bridgehead atoms. The zero-order chi connectivity index (χ0) is 11.0. The molecular weight excluding hydrogens is 233 g/mol. The van der Waals surface area contributed by atoms with Crippen molar-refractivity contribution in [1.29, 1.82) is 0 Å². The number of rotatable bonds is 1. The third kappa shape index (κ3) is 1.75. The van der Waals surface area contributed by atoms with E-state index in [2.05, 4.69) is 0 Å². The van der Waals surface area contributed by atoms with Crippen LogP contribution in [0.5, 0.6) is 0 Å². The lowest BCUT2D eigenvalue weighted by molar-refractivity contribution is 0.936. The molecule has 2 aromatic rings. The molecule has 2 nitrogen and oxygen atoms in total. The van der Waals surface area contributed by atoms with E-state index in [0.29, 0.717) is 16.0 Å². The highest BCUT2D eigenvalue weighted by Gasteiger charge is 2.06. The monoisotopic (exact) mass is 241 g/mol. The summed E-state index contributed by atoms with van der Waals surface area (Å²) in [6, 6.07) is 5.27. The lowest BCUT2D eigenvalue weighted by Crippen LogP contribution is -2.11. The molecule has 0 N–H and O–H groups in total. The number of hydrogen-bond acceptors (Lipinski definition) is 1. The minimum absolute atomic E-state index is 0.0411. The zero-order valence-electron chi connectivity index (χ0n) is 8.13. The van der Waals surface area contributed by atoms with Gasteiger partial charge in [0.15, 0.2) is 5.43 Å². The van der Waals surface area contributed by atoms with Crippen LogP contribution in [0, 0.1) is 0 Å². The smallest absolute Gasteiger partial charge is 0.193 e. The van der Waals surface area contributed by atoms with Crippen LogP contribution >= 0.6 is 23.2 Å². The van der Waals surface area contributed by atoms with E-state index in [1.165, 1.54) is 0 Å². The molecule has 0 amide bonds. The van der Waals surface area contributed by atoms with Crippen LogP contribution in [0.4, 0.5) is 0 Å². The van der Waals surface area contributed by atoms with Crippen molar-refractivity contribution in [3.8, 4) is 0 Å². The van der Waals surface area contributed by atoms with Crippen LogP contribution in [0.1, 0.15) is 5.56 Å². The van der Waals surface area contributed by atoms with Gasteiger partial charge in [0.25, 0.3) is 0 Å². The van der Waals surface area contributed by atoms with Crippen LogP contribution in [0.25, 0.3) is 10.9 Å². The number of alkyl halides is 1. The normalized spacial score (nSPS) is 10.9. The summed E-state index contributed by atoms with van der Waals surface area (Å²) in [5.41, 5.74) is 1.41. The molecular formula is C11H9Cl2NO. The Kier molecular flexibility index (Phi) is 2.72. The molecule has 78 valence electrons. The second-order valence-corrected chi connectivity index (χ2v) is 4.09. The maximum absolute atomic E-state index is 11.9. The molecule has 0 atom stereocenters. The molecule has 0 saturated carbocycles. The molecule has 0 fully saturated rings. The van der Waals surface area contributed by atoms with Gasteiger partial charge in [0.1, 0.15) is 0 Å². The van der Waals surface area contributed by atoms with Gasteiger partial charge in [-0.25, -0.2) is 0 Å². The SMILES string of the molecule is Cn1cc(CCl)c(=O)c2cc(Cl)ccc21. The lowest BCUT2D eigenvalue weighted by Gasteiger charge is -2.07. The number of halogens is 2. The van der Waals surface area contributed by atoms with Crippen molar-refractivity contribution in [2.45, 2.75) is 5.88 Å². The van der Waals surface area contributed by atoms with E-state index in [9.17, 15) is 4.79 Å². The van der Waals surface area contributed by atoms with E-state index in [0.717, 1.165) is 5.52 Å². The Balaban J connectivity index is 2.95. The fourth-order valence-electron chi connectivity index (χ4n) is 1.63. The molecule has 0 spiro atoms. The zero-order valence-corrected chi connectivity index (χ0v) is 9.64. The van der Waals surface area contributed by atoms with Gasteiger partial charge in [-0.1, -0.05) is 11.6 Å². The fraction of sp³-hybridized carbons (Fsp3) is 0.182. The highest BCUT2D eigenvalue weighted by Crippen LogP contribution is 2.17. The quantitative estimate of drug-likeness (QED) is 0.704. The van der Waals surface area contributed by atoms with Crippen molar-refractivity contribution in [1.82, 2.24) is 4.57 Å². The van der Waals surface area contributed by atoms with E-state index in [4.69, 9.17) is 23.2 Å². The summed E-state index contributed by atoms with van der Waals surface area (Å²) in [5.74, 6) is 0.217. The van der Waals surface area contributed by atoms with Crippen LogP contribution in [-0.2, 0) is 12.9 Å². The minimum atomic E-state index is -0.0411. The Morgan fingerprint density at radius 1 is 1.40 bits per heavy atom. The summed E-state index contributed by atoms with van der Waals surface area (Å²) in [4.78, 5) is 11.9. The number of benzene rings is 1. The minimum Gasteiger partial charge on any atom is -0.350 e. The summed E-state index contributed by atoms with van der Waals surface area (Å²) in [6.45, 7) is 0. The van der Waals surface area contributed by atoms with E-state index >= 15 is 0 Å². The number of aryl methyl sites for hydroxylation is 1. The number of fused-ring (bicyclic) bond motifs is 1. The standard InChI is InChI=1S/C11H9Cl2NO/c1-14-6-7(5-12)11(15)9-4-8(13)2-3-10(9)14/h2-4,6H,5H2,1H3. The van der Waals surface area contributed by atoms with Crippen molar-refractivity contribution >= 4 is 34.1 Å². The molecule has 1 aromatic carbocycles. The first-order valence-corrected chi connectivity index (χ1v) is 5.38. The van der Waals surface area contributed by atoms with E-state index < -0.39 is 0 Å². The van der Waals surface area contributed by atoms with Crippen LogP contribution in [0.15, 0.2) is 29.2 Å². The Bertz CT molecular complexity index is 575. The number of pyridine rings is 1. The second kappa shape index (κ2) is 3.87. The van der Waals surface area contributed by atoms with Crippen molar-refractivity contribution in [2.24, 2.45) is 7.05 Å². The van der Waals surface area contributed by atoms with Crippen molar-refractivity contribution < 1.29 is 0 Å². The van der Waals surface area contributed by atoms with Crippen molar-refractivity contribution in [3.63, 3.8) is 0 Å². The first-order valence-electron chi connectivity index (χ1n) is 4.47. The van der Waals surface area contributed by atoms with E-state index in [-0.39, 0.29) is 11.3 Å². The van der Waals surface area contributed by atoms with Gasteiger partial charge in [0, 0.05) is 29.2 Å². The highest BCUT2D eigenvalue weighted by atomic mass is 35.5. The van der Waals surface area contributed by atoms with Crippen LogP contribution in [-0.4, -0.2) is 4.57 Å². The predicted octanol–water partition coefficient (Wildman–Crippen LogP) is 2.93. The Hall–Kier alpha value is -0.990. The molecule has 0 aliphatic rings. The Morgan fingerprint density at radius 3 is 2.80 bits per heavy atom. The van der Waals surface area contributed by atoms with Crippen molar-refractivity contribution in [3.05, 3.63) is 45.2 Å². The van der Waals surface area contributed by atoms with E-state index in [1.807, 2.05) is 17.7 Å². The third-order valence-corrected chi connectivity index (χ3v) is 2.89. The van der Waals surface area contributed by atoms with Gasteiger partial charge in [0.05, 0.1) is 11.4 Å². The number of hydrogen-bond donors (Lipinski definition) is 0. The van der Waals surface area contributed by atoms with Crippen molar-refractivity contribution in [2.75, 3.05) is 0 Å². The average molecular weight is 242 g/mol. The molecule has 15 heavy (non-hydrogen) atoms. The van der Waals surface area contributed by atoms with Gasteiger partial charge in [0.2, 0.25) is 0 Å². The summed E-state index contributed by atoms with van der Waals surface area (Å²) in [6.07, 6.45) is 1.76. The van der Waals surface area contributed by atoms with Gasteiger partial charge < -0.3 is 4.57 Å². The topological polar surface area (TPSA) is 22.0 Å². The summed E-state index contributed by atoms with van der Waals surface area (Å²) in [5, 5.41) is 1.18. The molecule has 1 heterocycles. The molecule has 1 aromatic heterocycles. The molecule has 0 saturated heterocycles. The number of nitrogens with zero attached hydrogens (tertiary/aromatic N) is 1. The molecule has 0 unspecified atom stereocenters. The molecule has 0 radical (unpaired) electrons. The van der Waals surface area contributed by atoms with Gasteiger partial charge >= 0.3 is 0 Å². The average Bonchev–Trinajstić information content (AvgIpc) is 2.23. The van der Waals surface area contributed by atoms with Crippen LogP contribution in [0.3, 0.4) is 0 Å². The first kappa shape index (κ1) is 10.5. The molecule has 0 aliphatic carbocycles. The Morgan fingerprint density at radius 2 is 2.13 bits per heavy atom. The lowest BCUT2D eigenvalue weighted by atomic mass is 10.1. The predicted molar refractivity (Wildman–Crippen MR) is 63.8 cm³/mol. The summed E-state index contributed by atoms with van der Waals surface area (Å²) < 4.78 is 1.88. The van der Waals surface area contributed by atoms with Gasteiger partial charge in [-0.05, 0) is 18.2 Å². The Labute approximate surface area is 97.0 Å². The second-order valence-electron chi connectivity index (χ2n) is 3.39. The molecule has 0 aliphatic heterocycles. The highest BCUT2D eigenvalue weighted by molar-refractivity contribution is 6.31. The maximum Gasteiger partial charge on any atom is 0.193 e. The van der Waals surface area contributed by atoms with Gasteiger partial charge in [-0.2, -0.15) is 0 Å². The third-order valence-electron chi connectivity index (χ3n) is 2.37. The summed E-state index contributed by atoms with van der Waals surface area (Å²) >= 11 is 11.6.